The van der Waals surface area contributed by atoms with Gasteiger partial charge in [-0.05, 0) is 25.0 Å². The smallest absolute Gasteiger partial charge is 0.316 e. The fourth-order valence-electron chi connectivity index (χ4n) is 2.17. The van der Waals surface area contributed by atoms with Gasteiger partial charge in [0.15, 0.2) is 0 Å². The van der Waals surface area contributed by atoms with Gasteiger partial charge in [0.2, 0.25) is 0 Å². The van der Waals surface area contributed by atoms with Crippen molar-refractivity contribution in [1.82, 2.24) is 9.97 Å². The maximum atomic E-state index is 11.9. The molecule has 0 radical (unpaired) electrons. The summed E-state index contributed by atoms with van der Waals surface area (Å²) < 4.78 is 5.30. The maximum Gasteiger partial charge on any atom is 0.316 e. The van der Waals surface area contributed by atoms with E-state index in [0.29, 0.717) is 6.61 Å². The zero-order valence-corrected chi connectivity index (χ0v) is 14.5. The first-order chi connectivity index (χ1) is 11.1. The summed E-state index contributed by atoms with van der Waals surface area (Å²) in [6.45, 7) is 4.44. The van der Waals surface area contributed by atoms with Crippen molar-refractivity contribution in [3.63, 3.8) is 0 Å². The number of thioether (sulfide) groups is 1. The molecule has 23 heavy (non-hydrogen) atoms. The Labute approximate surface area is 142 Å². The molecule has 2 heterocycles. The molecule has 0 aliphatic carbocycles. The lowest BCUT2D eigenvalue weighted by molar-refractivity contribution is -0.141. The second-order valence-corrected chi connectivity index (χ2v) is 7.24. The fourth-order valence-corrected chi connectivity index (χ4v) is 4.08. The normalized spacial score (nSPS) is 10.9. The van der Waals surface area contributed by atoms with Gasteiger partial charge >= 0.3 is 5.97 Å². The number of aromatic nitrogens is 2. The number of fused-ring (bicyclic) bond motifs is 1. The number of ether oxygens (including phenoxy) is 1. The number of nitrogens with zero attached hydrogens (tertiary/aromatic N) is 2. The number of rotatable bonds is 5. The zero-order valence-electron chi connectivity index (χ0n) is 12.9. The number of carbonyl (C=O) groups is 1. The molecule has 6 heteroatoms. The first kappa shape index (κ1) is 16.0. The van der Waals surface area contributed by atoms with Gasteiger partial charge in [-0.1, -0.05) is 42.1 Å². The molecule has 3 aromatic rings. The van der Waals surface area contributed by atoms with Crippen LogP contribution in [0.3, 0.4) is 0 Å². The molecule has 0 bridgehead atoms. The molecule has 0 amide bonds. The highest BCUT2D eigenvalue weighted by Crippen LogP contribution is 2.34. The predicted molar refractivity (Wildman–Crippen MR) is 93.9 cm³/mol. The number of carbonyl (C=O) groups excluding carboxylic acids is 1. The Hall–Kier alpha value is -1.92. The quantitative estimate of drug-likeness (QED) is 0.395. The molecule has 3 rings (SSSR count). The van der Waals surface area contributed by atoms with E-state index in [1.807, 2.05) is 30.3 Å². The lowest BCUT2D eigenvalue weighted by Gasteiger charge is -2.05. The third kappa shape index (κ3) is 3.71. The number of benzene rings is 1. The van der Waals surface area contributed by atoms with E-state index in [-0.39, 0.29) is 11.7 Å². The molecular weight excluding hydrogens is 328 g/mol. The highest BCUT2D eigenvalue weighted by Gasteiger charge is 2.14. The number of aryl methyl sites for hydroxylation is 2. The zero-order chi connectivity index (χ0) is 16.2. The minimum absolute atomic E-state index is 0.241. The summed E-state index contributed by atoms with van der Waals surface area (Å²) >= 11 is 3.06. The Bertz CT molecular complexity index is 831. The van der Waals surface area contributed by atoms with E-state index in [1.165, 1.54) is 22.2 Å². The summed E-state index contributed by atoms with van der Waals surface area (Å²) in [6, 6.07) is 9.67. The van der Waals surface area contributed by atoms with Crippen molar-refractivity contribution in [3.8, 4) is 0 Å². The summed E-state index contributed by atoms with van der Waals surface area (Å²) in [7, 11) is 0. The van der Waals surface area contributed by atoms with E-state index in [0.717, 1.165) is 20.8 Å². The van der Waals surface area contributed by atoms with E-state index in [9.17, 15) is 4.79 Å². The van der Waals surface area contributed by atoms with E-state index in [1.54, 1.807) is 17.7 Å². The average molecular weight is 344 g/mol. The van der Waals surface area contributed by atoms with Gasteiger partial charge in [-0.15, -0.1) is 11.3 Å². The Kier molecular flexibility index (Phi) is 4.93. The monoisotopic (exact) mass is 344 g/mol. The van der Waals surface area contributed by atoms with E-state index in [4.69, 9.17) is 4.74 Å². The SMILES string of the molecule is Cc1sc2ncnc(SCC(=O)OCc3ccccc3)c2c1C. The lowest BCUT2D eigenvalue weighted by Crippen LogP contribution is -2.07. The molecule has 0 saturated carbocycles. The highest BCUT2D eigenvalue weighted by molar-refractivity contribution is 8.00. The maximum absolute atomic E-state index is 11.9. The summed E-state index contributed by atoms with van der Waals surface area (Å²) in [5.74, 6) is 0.00280. The molecular formula is C17H16N2O2S2. The van der Waals surface area contributed by atoms with Gasteiger partial charge in [0.25, 0.3) is 0 Å². The minimum atomic E-state index is -0.241. The molecule has 0 spiro atoms. The van der Waals surface area contributed by atoms with Crippen LogP contribution >= 0.6 is 23.1 Å². The Morgan fingerprint density at radius 1 is 1.22 bits per heavy atom. The topological polar surface area (TPSA) is 52.1 Å². The van der Waals surface area contributed by atoms with Crippen LogP contribution in [0.25, 0.3) is 10.2 Å². The number of thiophene rings is 1. The standard InChI is InChI=1S/C17H16N2O2S2/c1-11-12(2)23-17-15(11)16(18-10-19-17)22-9-14(20)21-8-13-6-4-3-5-7-13/h3-7,10H,8-9H2,1-2H3. The second-order valence-electron chi connectivity index (χ2n) is 5.08. The Morgan fingerprint density at radius 2 is 2.00 bits per heavy atom. The van der Waals surface area contributed by atoms with E-state index in [2.05, 4.69) is 23.8 Å². The summed E-state index contributed by atoms with van der Waals surface area (Å²) in [5, 5.41) is 1.89. The molecule has 0 atom stereocenters. The third-order valence-electron chi connectivity index (χ3n) is 3.50. The molecule has 0 aliphatic heterocycles. The van der Waals surface area contributed by atoms with Crippen molar-refractivity contribution in [2.45, 2.75) is 25.5 Å². The van der Waals surface area contributed by atoms with Crippen LogP contribution in [-0.2, 0) is 16.1 Å². The first-order valence-corrected chi connectivity index (χ1v) is 8.98. The van der Waals surface area contributed by atoms with Crippen LogP contribution in [0.15, 0.2) is 41.7 Å². The van der Waals surface area contributed by atoms with Crippen molar-refractivity contribution >= 4 is 39.3 Å². The van der Waals surface area contributed by atoms with Crippen molar-refractivity contribution in [2.75, 3.05) is 5.75 Å². The van der Waals surface area contributed by atoms with Gasteiger partial charge in [-0.3, -0.25) is 4.79 Å². The summed E-state index contributed by atoms with van der Waals surface area (Å²) in [4.78, 5) is 22.8. The fraction of sp³-hybridized carbons (Fsp3) is 0.235. The largest absolute Gasteiger partial charge is 0.460 e. The van der Waals surface area contributed by atoms with Crippen molar-refractivity contribution in [1.29, 1.82) is 0 Å². The molecule has 1 aromatic carbocycles. The minimum Gasteiger partial charge on any atom is -0.460 e. The van der Waals surface area contributed by atoms with Gasteiger partial charge in [-0.2, -0.15) is 0 Å². The predicted octanol–water partition coefficient (Wildman–Crippen LogP) is 4.14. The molecule has 118 valence electrons. The summed E-state index contributed by atoms with van der Waals surface area (Å²) in [5.41, 5.74) is 2.17. The molecule has 0 N–H and O–H groups in total. The van der Waals surface area contributed by atoms with Crippen LogP contribution < -0.4 is 0 Å². The van der Waals surface area contributed by atoms with Crippen molar-refractivity contribution in [2.24, 2.45) is 0 Å². The van der Waals surface area contributed by atoms with Crippen LogP contribution in [0, 0.1) is 13.8 Å². The number of hydrogen-bond donors (Lipinski definition) is 0. The molecule has 0 fully saturated rings. The van der Waals surface area contributed by atoms with Crippen molar-refractivity contribution < 1.29 is 9.53 Å². The van der Waals surface area contributed by atoms with Crippen LogP contribution in [0.2, 0.25) is 0 Å². The van der Waals surface area contributed by atoms with E-state index < -0.39 is 0 Å². The molecule has 0 saturated heterocycles. The van der Waals surface area contributed by atoms with Crippen LogP contribution in [0.1, 0.15) is 16.0 Å². The number of hydrogen-bond acceptors (Lipinski definition) is 6. The molecule has 0 unspecified atom stereocenters. The van der Waals surface area contributed by atoms with Gasteiger partial charge < -0.3 is 4.74 Å². The molecule has 4 nitrogen and oxygen atoms in total. The van der Waals surface area contributed by atoms with Gasteiger partial charge in [0.1, 0.15) is 22.8 Å². The van der Waals surface area contributed by atoms with Crippen LogP contribution in [0.5, 0.6) is 0 Å². The van der Waals surface area contributed by atoms with Crippen molar-refractivity contribution in [3.05, 3.63) is 52.7 Å². The first-order valence-electron chi connectivity index (χ1n) is 7.18. The van der Waals surface area contributed by atoms with Crippen LogP contribution in [-0.4, -0.2) is 21.7 Å². The van der Waals surface area contributed by atoms with Gasteiger partial charge in [0, 0.05) is 10.3 Å². The third-order valence-corrected chi connectivity index (χ3v) is 5.58. The Morgan fingerprint density at radius 3 is 2.78 bits per heavy atom. The van der Waals surface area contributed by atoms with Crippen LogP contribution in [0.4, 0.5) is 0 Å². The Balaban J connectivity index is 1.63. The molecule has 0 aliphatic rings. The summed E-state index contributed by atoms with van der Waals surface area (Å²) in [6.07, 6.45) is 1.55. The highest BCUT2D eigenvalue weighted by atomic mass is 32.2. The lowest BCUT2D eigenvalue weighted by atomic mass is 10.2. The molecule has 2 aromatic heterocycles. The van der Waals surface area contributed by atoms with E-state index >= 15 is 0 Å². The number of esters is 1. The van der Waals surface area contributed by atoms with Gasteiger partial charge in [-0.25, -0.2) is 9.97 Å². The van der Waals surface area contributed by atoms with Gasteiger partial charge in [0.05, 0.1) is 5.75 Å². The second kappa shape index (κ2) is 7.10. The average Bonchev–Trinajstić information content (AvgIpc) is 2.87.